The van der Waals surface area contributed by atoms with E-state index in [0.717, 1.165) is 17.8 Å². The summed E-state index contributed by atoms with van der Waals surface area (Å²) in [5, 5.41) is 0.264. The molecule has 1 rings (SSSR count). The van der Waals surface area contributed by atoms with Gasteiger partial charge in [-0.05, 0) is 13.3 Å². The molecule has 1 heterocycles. The largest absolute Gasteiger partial charge is 0.296 e. The number of allylic oxidation sites excluding steroid dienone is 1. The van der Waals surface area contributed by atoms with Gasteiger partial charge in [0.05, 0.1) is 0 Å². The maximum atomic E-state index is 11.8. The standard InChI is InChI=1S/C12H17ClN2O/c1-8(2)5-6-15-11(16)7-10(13)14-12(15)9(3)4/h7,9H,1,5-6H2,2-4H3. The van der Waals surface area contributed by atoms with Gasteiger partial charge in [0.25, 0.3) is 5.56 Å². The van der Waals surface area contributed by atoms with Crippen molar-refractivity contribution in [3.8, 4) is 0 Å². The first-order valence-corrected chi connectivity index (χ1v) is 5.71. The predicted molar refractivity (Wildman–Crippen MR) is 67.0 cm³/mol. The smallest absolute Gasteiger partial charge is 0.254 e. The Morgan fingerprint density at radius 3 is 2.75 bits per heavy atom. The van der Waals surface area contributed by atoms with Gasteiger partial charge in [0.15, 0.2) is 0 Å². The Morgan fingerprint density at radius 2 is 2.25 bits per heavy atom. The molecule has 4 heteroatoms. The molecule has 0 N–H and O–H groups in total. The highest BCUT2D eigenvalue weighted by Gasteiger charge is 2.10. The van der Waals surface area contributed by atoms with Gasteiger partial charge in [-0.2, -0.15) is 0 Å². The summed E-state index contributed by atoms with van der Waals surface area (Å²) in [6.07, 6.45) is 0.781. The van der Waals surface area contributed by atoms with Crippen molar-refractivity contribution in [2.75, 3.05) is 0 Å². The van der Waals surface area contributed by atoms with Crippen LogP contribution in [0.25, 0.3) is 0 Å². The molecule has 0 unspecified atom stereocenters. The summed E-state index contributed by atoms with van der Waals surface area (Å²) in [4.78, 5) is 16.0. The summed E-state index contributed by atoms with van der Waals surface area (Å²) in [5.74, 6) is 0.912. The zero-order chi connectivity index (χ0) is 12.3. The van der Waals surface area contributed by atoms with Crippen LogP contribution >= 0.6 is 11.6 Å². The fraction of sp³-hybridized carbons (Fsp3) is 0.500. The molecule has 16 heavy (non-hydrogen) atoms. The summed E-state index contributed by atoms with van der Waals surface area (Å²) >= 11 is 5.79. The van der Waals surface area contributed by atoms with Crippen molar-refractivity contribution in [1.82, 2.24) is 9.55 Å². The maximum Gasteiger partial charge on any atom is 0.254 e. The Balaban J connectivity index is 3.14. The first-order chi connectivity index (χ1) is 7.41. The Morgan fingerprint density at radius 1 is 1.62 bits per heavy atom. The summed E-state index contributed by atoms with van der Waals surface area (Å²) < 4.78 is 1.67. The van der Waals surface area contributed by atoms with E-state index in [2.05, 4.69) is 11.6 Å². The molecule has 0 aliphatic carbocycles. The summed E-state index contributed by atoms with van der Waals surface area (Å²) in [5.41, 5.74) is 0.960. The van der Waals surface area contributed by atoms with Gasteiger partial charge in [-0.25, -0.2) is 4.98 Å². The van der Waals surface area contributed by atoms with Gasteiger partial charge in [-0.15, -0.1) is 6.58 Å². The lowest BCUT2D eigenvalue weighted by molar-refractivity contribution is 0.579. The van der Waals surface area contributed by atoms with E-state index in [1.165, 1.54) is 6.07 Å². The zero-order valence-electron chi connectivity index (χ0n) is 9.96. The lowest BCUT2D eigenvalue weighted by atomic mass is 10.2. The number of rotatable bonds is 4. The van der Waals surface area contributed by atoms with Crippen LogP contribution in [0.1, 0.15) is 38.9 Å². The zero-order valence-corrected chi connectivity index (χ0v) is 10.7. The van der Waals surface area contributed by atoms with E-state index in [9.17, 15) is 4.79 Å². The predicted octanol–water partition coefficient (Wildman–Crippen LogP) is 2.99. The molecule has 0 spiro atoms. The van der Waals surface area contributed by atoms with Gasteiger partial charge < -0.3 is 0 Å². The van der Waals surface area contributed by atoms with E-state index < -0.39 is 0 Å². The van der Waals surface area contributed by atoms with Crippen molar-refractivity contribution >= 4 is 11.6 Å². The topological polar surface area (TPSA) is 34.9 Å². The van der Waals surface area contributed by atoms with Gasteiger partial charge in [0.1, 0.15) is 11.0 Å². The molecule has 0 saturated carbocycles. The second kappa shape index (κ2) is 5.30. The highest BCUT2D eigenvalue weighted by molar-refractivity contribution is 6.29. The van der Waals surface area contributed by atoms with Crippen molar-refractivity contribution in [2.24, 2.45) is 0 Å². The third kappa shape index (κ3) is 3.20. The second-order valence-corrected chi connectivity index (χ2v) is 4.68. The van der Waals surface area contributed by atoms with Crippen LogP contribution in [0.15, 0.2) is 23.0 Å². The molecular formula is C12H17ClN2O. The van der Waals surface area contributed by atoms with E-state index in [-0.39, 0.29) is 16.6 Å². The van der Waals surface area contributed by atoms with Crippen LogP contribution in [0.4, 0.5) is 0 Å². The van der Waals surface area contributed by atoms with Gasteiger partial charge in [0.2, 0.25) is 0 Å². The Hall–Kier alpha value is -1.09. The van der Waals surface area contributed by atoms with Crippen LogP contribution in [-0.4, -0.2) is 9.55 Å². The third-order valence-corrected chi connectivity index (χ3v) is 2.48. The van der Waals surface area contributed by atoms with Gasteiger partial charge >= 0.3 is 0 Å². The molecule has 0 bridgehead atoms. The van der Waals surface area contributed by atoms with E-state index in [1.807, 2.05) is 20.8 Å². The Kier molecular flexibility index (Phi) is 4.30. The monoisotopic (exact) mass is 240 g/mol. The molecule has 88 valence electrons. The maximum absolute atomic E-state index is 11.8. The molecule has 1 aromatic rings. The molecule has 0 atom stereocenters. The molecule has 0 aromatic carbocycles. The van der Waals surface area contributed by atoms with Crippen molar-refractivity contribution in [3.05, 3.63) is 39.5 Å². The van der Waals surface area contributed by atoms with E-state index >= 15 is 0 Å². The average molecular weight is 241 g/mol. The highest BCUT2D eigenvalue weighted by Crippen LogP contribution is 2.13. The fourth-order valence-corrected chi connectivity index (χ4v) is 1.64. The van der Waals surface area contributed by atoms with Crippen LogP contribution in [-0.2, 0) is 6.54 Å². The molecule has 0 amide bonds. The van der Waals surface area contributed by atoms with E-state index in [0.29, 0.717) is 6.54 Å². The number of aromatic nitrogens is 2. The fourth-order valence-electron chi connectivity index (χ4n) is 1.46. The minimum absolute atomic E-state index is 0.0926. The summed E-state index contributed by atoms with van der Waals surface area (Å²) in [6, 6.07) is 1.35. The lowest BCUT2D eigenvalue weighted by Gasteiger charge is -2.14. The first-order valence-electron chi connectivity index (χ1n) is 5.33. The summed E-state index contributed by atoms with van der Waals surface area (Å²) in [7, 11) is 0. The van der Waals surface area contributed by atoms with Gasteiger partial charge in [-0.1, -0.05) is 31.0 Å². The van der Waals surface area contributed by atoms with E-state index in [4.69, 9.17) is 11.6 Å². The number of nitrogens with zero attached hydrogens (tertiary/aromatic N) is 2. The molecule has 0 radical (unpaired) electrons. The molecule has 0 fully saturated rings. The van der Waals surface area contributed by atoms with Crippen molar-refractivity contribution in [1.29, 1.82) is 0 Å². The average Bonchev–Trinajstić information content (AvgIpc) is 2.14. The molecule has 3 nitrogen and oxygen atoms in total. The van der Waals surface area contributed by atoms with Crippen LogP contribution < -0.4 is 5.56 Å². The lowest BCUT2D eigenvalue weighted by Crippen LogP contribution is -2.25. The highest BCUT2D eigenvalue weighted by atomic mass is 35.5. The molecule has 0 aliphatic heterocycles. The third-order valence-electron chi connectivity index (χ3n) is 2.29. The van der Waals surface area contributed by atoms with Crippen LogP contribution in [0.3, 0.4) is 0 Å². The van der Waals surface area contributed by atoms with Gasteiger partial charge in [-0.3, -0.25) is 9.36 Å². The Bertz CT molecular complexity index is 449. The van der Waals surface area contributed by atoms with Gasteiger partial charge in [0, 0.05) is 18.5 Å². The molecular weight excluding hydrogens is 224 g/mol. The van der Waals surface area contributed by atoms with Crippen molar-refractivity contribution in [2.45, 2.75) is 39.7 Å². The second-order valence-electron chi connectivity index (χ2n) is 4.29. The minimum atomic E-state index is -0.0926. The molecule has 1 aromatic heterocycles. The number of hydrogen-bond acceptors (Lipinski definition) is 2. The summed E-state index contributed by atoms with van der Waals surface area (Å²) in [6.45, 7) is 10.4. The SMILES string of the molecule is C=C(C)CCn1c(C(C)C)nc(Cl)cc1=O. The quantitative estimate of drug-likeness (QED) is 0.599. The first kappa shape index (κ1) is 13.0. The molecule has 0 aliphatic rings. The van der Waals surface area contributed by atoms with Crippen LogP contribution in [0.2, 0.25) is 5.15 Å². The molecule has 0 saturated heterocycles. The van der Waals surface area contributed by atoms with Crippen molar-refractivity contribution in [3.63, 3.8) is 0 Å². The van der Waals surface area contributed by atoms with E-state index in [1.54, 1.807) is 4.57 Å². The number of hydrogen-bond donors (Lipinski definition) is 0. The minimum Gasteiger partial charge on any atom is -0.296 e. The van der Waals surface area contributed by atoms with Crippen LogP contribution in [0, 0.1) is 0 Å². The normalized spacial score (nSPS) is 10.8. The Labute approximate surface area is 101 Å². The van der Waals surface area contributed by atoms with Crippen molar-refractivity contribution < 1.29 is 0 Å². The number of halogens is 1. The van der Waals surface area contributed by atoms with Crippen LogP contribution in [0.5, 0.6) is 0 Å².